The van der Waals surface area contributed by atoms with Gasteiger partial charge in [0.2, 0.25) is 5.82 Å². The molecule has 0 N–H and O–H groups in total. The normalized spacial score (nSPS) is 15.5. The molecule has 6 heteroatoms. The summed E-state index contributed by atoms with van der Waals surface area (Å²) in [7, 11) is 0. The molecule has 0 radical (unpaired) electrons. The smallest absolute Gasteiger partial charge is 0.311 e. The van der Waals surface area contributed by atoms with Crippen molar-refractivity contribution in [2.45, 2.75) is 19.8 Å². The van der Waals surface area contributed by atoms with E-state index in [2.05, 4.69) is 4.98 Å². The SMILES string of the molecule is Cc1cc([N+](=O)[O-])c(N2CCCC2)nc1Cl. The minimum atomic E-state index is -0.399. The predicted octanol–water partition coefficient (Wildman–Crippen LogP) is 2.55. The third-order valence-corrected chi connectivity index (χ3v) is 3.10. The van der Waals surface area contributed by atoms with E-state index in [4.69, 9.17) is 11.6 Å². The summed E-state index contributed by atoms with van der Waals surface area (Å²) in [5.41, 5.74) is 0.681. The highest BCUT2D eigenvalue weighted by Crippen LogP contribution is 2.31. The van der Waals surface area contributed by atoms with Gasteiger partial charge < -0.3 is 4.90 Å². The number of aromatic nitrogens is 1. The molecule has 1 aliphatic heterocycles. The second-order valence-corrected chi connectivity index (χ2v) is 4.25. The van der Waals surface area contributed by atoms with Gasteiger partial charge in [0.05, 0.1) is 4.92 Å². The first kappa shape index (κ1) is 11.1. The summed E-state index contributed by atoms with van der Waals surface area (Å²) in [5, 5.41) is 11.3. The zero-order valence-electron chi connectivity index (χ0n) is 8.94. The van der Waals surface area contributed by atoms with Crippen LogP contribution in [0.3, 0.4) is 0 Å². The van der Waals surface area contributed by atoms with E-state index in [9.17, 15) is 10.1 Å². The fourth-order valence-electron chi connectivity index (χ4n) is 1.86. The van der Waals surface area contributed by atoms with E-state index >= 15 is 0 Å². The van der Waals surface area contributed by atoms with Gasteiger partial charge in [0, 0.05) is 19.2 Å². The monoisotopic (exact) mass is 241 g/mol. The fraction of sp³-hybridized carbons (Fsp3) is 0.500. The maximum absolute atomic E-state index is 10.9. The van der Waals surface area contributed by atoms with Gasteiger partial charge in [-0.2, -0.15) is 0 Å². The van der Waals surface area contributed by atoms with Gasteiger partial charge in [-0.25, -0.2) is 4.98 Å². The molecule has 2 rings (SSSR count). The summed E-state index contributed by atoms with van der Waals surface area (Å²) >= 11 is 5.91. The van der Waals surface area contributed by atoms with E-state index in [-0.39, 0.29) is 5.69 Å². The summed E-state index contributed by atoms with van der Waals surface area (Å²) in [6.07, 6.45) is 2.09. The van der Waals surface area contributed by atoms with E-state index in [0.29, 0.717) is 16.5 Å². The molecule has 16 heavy (non-hydrogen) atoms. The molecule has 0 spiro atoms. The molecule has 2 heterocycles. The highest BCUT2D eigenvalue weighted by atomic mass is 35.5. The molecule has 0 amide bonds. The molecule has 0 saturated carbocycles. The van der Waals surface area contributed by atoms with Gasteiger partial charge in [-0.15, -0.1) is 0 Å². The molecule has 0 unspecified atom stereocenters. The summed E-state index contributed by atoms with van der Waals surface area (Å²) in [6.45, 7) is 3.34. The highest BCUT2D eigenvalue weighted by Gasteiger charge is 2.25. The summed E-state index contributed by atoms with van der Waals surface area (Å²) in [6, 6.07) is 1.49. The lowest BCUT2D eigenvalue weighted by Crippen LogP contribution is -2.20. The van der Waals surface area contributed by atoms with Crippen LogP contribution in [0.4, 0.5) is 11.5 Å². The number of hydrogen-bond donors (Lipinski definition) is 0. The van der Waals surface area contributed by atoms with E-state index < -0.39 is 4.92 Å². The van der Waals surface area contributed by atoms with E-state index in [1.165, 1.54) is 6.07 Å². The van der Waals surface area contributed by atoms with Gasteiger partial charge in [-0.1, -0.05) is 11.6 Å². The number of hydrogen-bond acceptors (Lipinski definition) is 4. The van der Waals surface area contributed by atoms with Crippen molar-refractivity contribution in [1.29, 1.82) is 0 Å². The first-order valence-electron chi connectivity index (χ1n) is 5.16. The molecule has 1 saturated heterocycles. The number of halogens is 1. The van der Waals surface area contributed by atoms with Crippen molar-refractivity contribution >= 4 is 23.1 Å². The minimum absolute atomic E-state index is 0.0452. The Morgan fingerprint density at radius 3 is 2.69 bits per heavy atom. The van der Waals surface area contributed by atoms with E-state index in [0.717, 1.165) is 25.9 Å². The number of aryl methyl sites for hydroxylation is 1. The van der Waals surface area contributed by atoms with Gasteiger partial charge in [0.15, 0.2) is 0 Å². The van der Waals surface area contributed by atoms with Crippen LogP contribution in [-0.4, -0.2) is 23.0 Å². The first-order chi connectivity index (χ1) is 7.59. The molecule has 1 aliphatic rings. The van der Waals surface area contributed by atoms with Crippen molar-refractivity contribution in [3.8, 4) is 0 Å². The third kappa shape index (κ3) is 1.95. The molecule has 0 aliphatic carbocycles. The van der Waals surface area contributed by atoms with Crippen molar-refractivity contribution in [3.63, 3.8) is 0 Å². The van der Waals surface area contributed by atoms with Crippen LogP contribution in [0.1, 0.15) is 18.4 Å². The maximum atomic E-state index is 10.9. The Hall–Kier alpha value is -1.36. The van der Waals surface area contributed by atoms with Crippen molar-refractivity contribution < 1.29 is 4.92 Å². The predicted molar refractivity (Wildman–Crippen MR) is 62.1 cm³/mol. The number of rotatable bonds is 2. The Balaban J connectivity index is 2.48. The number of nitrogens with zero attached hydrogens (tertiary/aromatic N) is 3. The molecule has 0 atom stereocenters. The van der Waals surface area contributed by atoms with Crippen LogP contribution in [0.5, 0.6) is 0 Å². The zero-order chi connectivity index (χ0) is 11.7. The largest absolute Gasteiger partial charge is 0.351 e. The summed E-state index contributed by atoms with van der Waals surface area (Å²) < 4.78 is 0. The van der Waals surface area contributed by atoms with Crippen LogP contribution in [0.15, 0.2) is 6.07 Å². The zero-order valence-corrected chi connectivity index (χ0v) is 9.70. The molecular formula is C10H12ClN3O2. The van der Waals surface area contributed by atoms with Crippen molar-refractivity contribution in [2.24, 2.45) is 0 Å². The fourth-order valence-corrected chi connectivity index (χ4v) is 2.00. The number of nitro groups is 1. The minimum Gasteiger partial charge on any atom is -0.351 e. The lowest BCUT2D eigenvalue weighted by atomic mass is 10.2. The molecule has 1 aromatic rings. The Labute approximate surface area is 98.2 Å². The van der Waals surface area contributed by atoms with Crippen molar-refractivity contribution in [3.05, 3.63) is 26.9 Å². The average Bonchev–Trinajstić information content (AvgIpc) is 2.74. The summed E-state index contributed by atoms with van der Waals surface area (Å²) in [5.74, 6) is 0.401. The van der Waals surface area contributed by atoms with Crippen LogP contribution >= 0.6 is 11.6 Å². The van der Waals surface area contributed by atoms with Gasteiger partial charge in [-0.05, 0) is 25.3 Å². The first-order valence-corrected chi connectivity index (χ1v) is 5.54. The Morgan fingerprint density at radius 1 is 1.50 bits per heavy atom. The number of anilines is 1. The Morgan fingerprint density at radius 2 is 2.12 bits per heavy atom. The van der Waals surface area contributed by atoms with Crippen molar-refractivity contribution in [1.82, 2.24) is 4.98 Å². The molecule has 0 aromatic carbocycles. The van der Waals surface area contributed by atoms with Gasteiger partial charge >= 0.3 is 5.69 Å². The molecular weight excluding hydrogens is 230 g/mol. The molecule has 5 nitrogen and oxygen atoms in total. The lowest BCUT2D eigenvalue weighted by molar-refractivity contribution is -0.384. The van der Waals surface area contributed by atoms with Crippen LogP contribution in [-0.2, 0) is 0 Å². The van der Waals surface area contributed by atoms with Gasteiger partial charge in [-0.3, -0.25) is 10.1 Å². The van der Waals surface area contributed by atoms with Crippen molar-refractivity contribution in [2.75, 3.05) is 18.0 Å². The second kappa shape index (κ2) is 4.25. The van der Waals surface area contributed by atoms with E-state index in [1.54, 1.807) is 6.92 Å². The lowest BCUT2D eigenvalue weighted by Gasteiger charge is -2.16. The molecule has 1 fully saturated rings. The quantitative estimate of drug-likeness (QED) is 0.454. The molecule has 0 bridgehead atoms. The Kier molecular flexibility index (Phi) is 2.96. The van der Waals surface area contributed by atoms with Crippen LogP contribution in [0.2, 0.25) is 5.15 Å². The molecule has 1 aromatic heterocycles. The highest BCUT2D eigenvalue weighted by molar-refractivity contribution is 6.30. The second-order valence-electron chi connectivity index (χ2n) is 3.89. The van der Waals surface area contributed by atoms with Crippen LogP contribution < -0.4 is 4.90 Å². The standard InChI is InChI=1S/C10H12ClN3O2/c1-7-6-8(14(15)16)10(12-9(7)11)13-4-2-3-5-13/h6H,2-5H2,1H3. The molecule has 86 valence electrons. The van der Waals surface area contributed by atoms with Gasteiger partial charge in [0.25, 0.3) is 0 Å². The summed E-state index contributed by atoms with van der Waals surface area (Å²) in [4.78, 5) is 16.6. The van der Waals surface area contributed by atoms with Gasteiger partial charge in [0.1, 0.15) is 5.15 Å². The Bertz CT molecular complexity index is 430. The van der Waals surface area contributed by atoms with Crippen LogP contribution in [0, 0.1) is 17.0 Å². The third-order valence-electron chi connectivity index (χ3n) is 2.71. The van der Waals surface area contributed by atoms with E-state index in [1.807, 2.05) is 4.90 Å². The topological polar surface area (TPSA) is 59.3 Å². The average molecular weight is 242 g/mol. The maximum Gasteiger partial charge on any atom is 0.311 e. The number of pyridine rings is 1. The van der Waals surface area contributed by atoms with Crippen LogP contribution in [0.25, 0.3) is 0 Å².